The van der Waals surface area contributed by atoms with E-state index in [4.69, 9.17) is 4.42 Å². The number of rotatable bonds is 4. The number of nitrogens with zero attached hydrogens (tertiary/aromatic N) is 2. The van der Waals surface area contributed by atoms with Crippen molar-refractivity contribution < 1.29 is 9.21 Å². The van der Waals surface area contributed by atoms with Crippen molar-refractivity contribution in [2.24, 2.45) is 5.10 Å². The third-order valence-electron chi connectivity index (χ3n) is 4.93. The van der Waals surface area contributed by atoms with Crippen molar-refractivity contribution in [2.75, 3.05) is 4.90 Å². The van der Waals surface area contributed by atoms with E-state index in [1.807, 2.05) is 24.3 Å². The Balaban J connectivity index is 1.41. The standard InChI is InChI=1S/C22H21N3O2/c1-15-10-18-13-25(14-19(18)11-16(15)2)20-7-5-17(6-8-20)22(26)24-23-12-21-4-3-9-27-21/h3-12H,13-14H2,1-2H3,(H,24,26)/b23-12-. The zero-order chi connectivity index (χ0) is 18.8. The zero-order valence-electron chi connectivity index (χ0n) is 15.4. The average molecular weight is 359 g/mol. The van der Waals surface area contributed by atoms with Crippen LogP contribution in [0, 0.1) is 13.8 Å². The molecule has 0 fully saturated rings. The molecule has 0 aliphatic carbocycles. The molecule has 1 amide bonds. The minimum absolute atomic E-state index is 0.250. The van der Waals surface area contributed by atoms with Crippen LogP contribution < -0.4 is 10.3 Å². The number of carbonyl (C=O) groups is 1. The Hall–Kier alpha value is -3.34. The molecule has 136 valence electrons. The highest BCUT2D eigenvalue weighted by Gasteiger charge is 2.20. The van der Waals surface area contributed by atoms with Gasteiger partial charge in [0.1, 0.15) is 5.76 Å². The number of hydrogen-bond acceptors (Lipinski definition) is 4. The largest absolute Gasteiger partial charge is 0.463 e. The molecule has 0 atom stereocenters. The first-order valence-electron chi connectivity index (χ1n) is 8.91. The highest BCUT2D eigenvalue weighted by Crippen LogP contribution is 2.30. The molecule has 5 heteroatoms. The number of aryl methyl sites for hydroxylation is 2. The van der Waals surface area contributed by atoms with Gasteiger partial charge in [-0.25, -0.2) is 5.43 Å². The van der Waals surface area contributed by atoms with Crippen LogP contribution >= 0.6 is 0 Å². The lowest BCUT2D eigenvalue weighted by Crippen LogP contribution is -2.18. The van der Waals surface area contributed by atoms with E-state index in [0.717, 1.165) is 18.8 Å². The summed E-state index contributed by atoms with van der Waals surface area (Å²) >= 11 is 0. The lowest BCUT2D eigenvalue weighted by molar-refractivity contribution is 0.0955. The van der Waals surface area contributed by atoms with E-state index in [-0.39, 0.29) is 5.91 Å². The van der Waals surface area contributed by atoms with E-state index >= 15 is 0 Å². The van der Waals surface area contributed by atoms with Gasteiger partial charge in [-0.3, -0.25) is 4.79 Å². The van der Waals surface area contributed by atoms with Gasteiger partial charge in [0.15, 0.2) is 0 Å². The molecule has 0 saturated heterocycles. The van der Waals surface area contributed by atoms with Gasteiger partial charge in [-0.1, -0.05) is 12.1 Å². The maximum absolute atomic E-state index is 12.2. The van der Waals surface area contributed by atoms with Crippen molar-refractivity contribution in [2.45, 2.75) is 26.9 Å². The van der Waals surface area contributed by atoms with Gasteiger partial charge < -0.3 is 9.32 Å². The normalized spacial score (nSPS) is 13.2. The predicted octanol–water partition coefficient (Wildman–Crippen LogP) is 4.18. The van der Waals surface area contributed by atoms with Crippen molar-refractivity contribution in [1.82, 2.24) is 5.43 Å². The number of nitrogens with one attached hydrogen (secondary N) is 1. The Morgan fingerprint density at radius 1 is 1.07 bits per heavy atom. The van der Waals surface area contributed by atoms with Crippen molar-refractivity contribution in [3.8, 4) is 0 Å². The van der Waals surface area contributed by atoms with E-state index in [9.17, 15) is 4.79 Å². The van der Waals surface area contributed by atoms with Crippen LogP contribution in [0.5, 0.6) is 0 Å². The molecule has 5 nitrogen and oxygen atoms in total. The maximum atomic E-state index is 12.2. The summed E-state index contributed by atoms with van der Waals surface area (Å²) < 4.78 is 5.13. The summed E-state index contributed by atoms with van der Waals surface area (Å²) in [7, 11) is 0. The molecule has 1 aliphatic rings. The van der Waals surface area contributed by atoms with Gasteiger partial charge in [-0.05, 0) is 72.5 Å². The van der Waals surface area contributed by atoms with Gasteiger partial charge in [0.2, 0.25) is 0 Å². The van der Waals surface area contributed by atoms with Gasteiger partial charge >= 0.3 is 0 Å². The summed E-state index contributed by atoms with van der Waals surface area (Å²) in [5.74, 6) is 0.338. The number of carbonyl (C=O) groups excluding carboxylic acids is 1. The van der Waals surface area contributed by atoms with Crippen LogP contribution in [0.4, 0.5) is 5.69 Å². The highest BCUT2D eigenvalue weighted by molar-refractivity contribution is 5.95. The predicted molar refractivity (Wildman–Crippen MR) is 106 cm³/mol. The topological polar surface area (TPSA) is 57.8 Å². The molecule has 0 unspecified atom stereocenters. The van der Waals surface area contributed by atoms with E-state index in [2.05, 4.69) is 41.4 Å². The van der Waals surface area contributed by atoms with Crippen LogP contribution in [0.2, 0.25) is 0 Å². The van der Waals surface area contributed by atoms with E-state index < -0.39 is 0 Å². The van der Waals surface area contributed by atoms with E-state index in [1.54, 1.807) is 18.4 Å². The number of hydrazone groups is 1. The summed E-state index contributed by atoms with van der Waals surface area (Å²) in [6.45, 7) is 6.10. The molecular formula is C22H21N3O2. The fourth-order valence-electron chi connectivity index (χ4n) is 3.29. The molecule has 1 aliphatic heterocycles. The molecule has 0 radical (unpaired) electrons. The summed E-state index contributed by atoms with van der Waals surface area (Å²) in [6.07, 6.45) is 3.03. The molecule has 2 heterocycles. The lowest BCUT2D eigenvalue weighted by atomic mass is 10.0. The summed E-state index contributed by atoms with van der Waals surface area (Å²) in [4.78, 5) is 14.5. The van der Waals surface area contributed by atoms with Crippen LogP contribution in [-0.2, 0) is 13.1 Å². The van der Waals surface area contributed by atoms with Crippen molar-refractivity contribution in [3.63, 3.8) is 0 Å². The van der Waals surface area contributed by atoms with Crippen molar-refractivity contribution >= 4 is 17.8 Å². The highest BCUT2D eigenvalue weighted by atomic mass is 16.3. The van der Waals surface area contributed by atoms with Gasteiger partial charge in [0, 0.05) is 24.3 Å². The van der Waals surface area contributed by atoms with Crippen LogP contribution in [0.15, 0.2) is 64.3 Å². The molecule has 1 aromatic heterocycles. The van der Waals surface area contributed by atoms with Crippen molar-refractivity contribution in [3.05, 3.63) is 88.4 Å². The lowest BCUT2D eigenvalue weighted by Gasteiger charge is -2.17. The molecule has 1 N–H and O–H groups in total. The van der Waals surface area contributed by atoms with Crippen LogP contribution in [0.25, 0.3) is 0 Å². The zero-order valence-corrected chi connectivity index (χ0v) is 15.4. The smallest absolute Gasteiger partial charge is 0.271 e. The first-order valence-corrected chi connectivity index (χ1v) is 8.91. The average Bonchev–Trinajstić information content (AvgIpc) is 3.32. The SMILES string of the molecule is Cc1cc2c(cc1C)CN(c1ccc(C(=O)N/N=C\c3ccco3)cc1)C2. The second-order valence-corrected chi connectivity index (χ2v) is 6.82. The van der Waals surface area contributed by atoms with Crippen molar-refractivity contribution in [1.29, 1.82) is 0 Å². The molecule has 0 spiro atoms. The maximum Gasteiger partial charge on any atom is 0.271 e. The summed E-state index contributed by atoms with van der Waals surface area (Å²) in [5, 5.41) is 3.90. The minimum atomic E-state index is -0.250. The third-order valence-corrected chi connectivity index (χ3v) is 4.93. The van der Waals surface area contributed by atoms with Crippen LogP contribution in [-0.4, -0.2) is 12.1 Å². The monoisotopic (exact) mass is 359 g/mol. The molecule has 0 saturated carbocycles. The molecule has 3 aromatic rings. The van der Waals surface area contributed by atoms with Gasteiger partial charge in [-0.15, -0.1) is 0 Å². The Bertz CT molecular complexity index is 958. The number of hydrogen-bond donors (Lipinski definition) is 1. The first kappa shape index (κ1) is 17.1. The number of amides is 1. The summed E-state index contributed by atoms with van der Waals surface area (Å²) in [6, 6.07) is 15.7. The van der Waals surface area contributed by atoms with Crippen LogP contribution in [0.1, 0.15) is 38.4 Å². The first-order chi connectivity index (χ1) is 13.1. The Morgan fingerprint density at radius 2 is 1.74 bits per heavy atom. The van der Waals surface area contributed by atoms with Gasteiger partial charge in [0.05, 0.1) is 12.5 Å². The molecule has 27 heavy (non-hydrogen) atoms. The fourth-order valence-corrected chi connectivity index (χ4v) is 3.29. The summed E-state index contributed by atoms with van der Waals surface area (Å²) in [5.41, 5.74) is 9.61. The third kappa shape index (κ3) is 3.62. The molecule has 0 bridgehead atoms. The Morgan fingerprint density at radius 3 is 2.33 bits per heavy atom. The minimum Gasteiger partial charge on any atom is -0.463 e. The number of furan rings is 1. The number of benzene rings is 2. The van der Waals surface area contributed by atoms with E-state index in [1.165, 1.54) is 28.5 Å². The quantitative estimate of drug-likeness (QED) is 0.561. The van der Waals surface area contributed by atoms with Gasteiger partial charge in [0.25, 0.3) is 5.91 Å². The van der Waals surface area contributed by atoms with Gasteiger partial charge in [-0.2, -0.15) is 5.10 Å². The number of fused-ring (bicyclic) bond motifs is 1. The Labute approximate surface area is 158 Å². The van der Waals surface area contributed by atoms with E-state index in [0.29, 0.717) is 11.3 Å². The number of anilines is 1. The second-order valence-electron chi connectivity index (χ2n) is 6.82. The molecular weight excluding hydrogens is 338 g/mol. The molecule has 4 rings (SSSR count). The fraction of sp³-hybridized carbons (Fsp3) is 0.182. The second kappa shape index (κ2) is 7.11. The Kier molecular flexibility index (Phi) is 4.50. The molecule has 2 aromatic carbocycles. The van der Waals surface area contributed by atoms with Crippen LogP contribution in [0.3, 0.4) is 0 Å².